The zero-order valence-electron chi connectivity index (χ0n) is 18.0. The van der Waals surface area contributed by atoms with Crippen molar-refractivity contribution in [3.05, 3.63) is 29.3 Å². The first-order valence-corrected chi connectivity index (χ1v) is 10.7. The number of piperidine rings is 1. The van der Waals surface area contributed by atoms with E-state index in [1.807, 2.05) is 31.8 Å². The van der Waals surface area contributed by atoms with Crippen LogP contribution in [0.2, 0.25) is 0 Å². The van der Waals surface area contributed by atoms with Crippen molar-refractivity contribution in [3.63, 3.8) is 0 Å². The lowest BCUT2D eigenvalue weighted by molar-refractivity contribution is 0.00202. The summed E-state index contributed by atoms with van der Waals surface area (Å²) in [5.74, 6) is 1.16. The highest BCUT2D eigenvalue weighted by Crippen LogP contribution is 2.39. The first-order valence-electron chi connectivity index (χ1n) is 10.7. The zero-order chi connectivity index (χ0) is 21.8. The van der Waals surface area contributed by atoms with Crippen molar-refractivity contribution in [1.29, 1.82) is 0 Å². The Balaban J connectivity index is 1.24. The second-order valence-electron chi connectivity index (χ2n) is 8.95. The smallest absolute Gasteiger partial charge is 0.410 e. The predicted octanol–water partition coefficient (Wildman–Crippen LogP) is 2.52. The number of ether oxygens (including phenoxy) is 2. The molecule has 2 atom stereocenters. The van der Waals surface area contributed by atoms with Gasteiger partial charge >= 0.3 is 6.09 Å². The van der Waals surface area contributed by atoms with Gasteiger partial charge in [0.15, 0.2) is 6.17 Å². The fourth-order valence-electron chi connectivity index (χ4n) is 4.18. The second-order valence-corrected chi connectivity index (χ2v) is 8.95. The molecule has 166 valence electrons. The summed E-state index contributed by atoms with van der Waals surface area (Å²) in [7, 11) is 1.93. The fourth-order valence-corrected chi connectivity index (χ4v) is 4.18. The third-order valence-corrected chi connectivity index (χ3v) is 6.45. The van der Waals surface area contributed by atoms with E-state index >= 15 is 0 Å². The third kappa shape index (κ3) is 3.79. The quantitative estimate of drug-likeness (QED) is 0.737. The standard InChI is InChI=1S/C21H27FN6O3/c1-13-18(28-9-14-8-25-26(3)16(14)11-28)23-12-24-19(13)30-17-4-7-27(10-15(17)22)20(29)31-21(2)5-6-21/h8,12,15,17H,4-7,9-11H2,1-3H3/t15-,17+/m1/s1. The van der Waals surface area contributed by atoms with Crippen molar-refractivity contribution in [2.75, 3.05) is 18.0 Å². The number of hydrogen-bond donors (Lipinski definition) is 0. The summed E-state index contributed by atoms with van der Waals surface area (Å²) in [5.41, 5.74) is 2.74. The Morgan fingerprint density at radius 3 is 2.81 bits per heavy atom. The van der Waals surface area contributed by atoms with E-state index in [0.29, 0.717) is 31.9 Å². The number of carbonyl (C=O) groups is 1. The van der Waals surface area contributed by atoms with Crippen molar-refractivity contribution in [3.8, 4) is 5.88 Å². The van der Waals surface area contributed by atoms with Gasteiger partial charge in [0, 0.05) is 32.1 Å². The summed E-state index contributed by atoms with van der Waals surface area (Å²) in [4.78, 5) is 24.5. The molecular weight excluding hydrogens is 403 g/mol. The number of likely N-dealkylation sites (tertiary alicyclic amines) is 1. The highest BCUT2D eigenvalue weighted by molar-refractivity contribution is 5.68. The number of halogens is 1. The van der Waals surface area contributed by atoms with Gasteiger partial charge in [0.25, 0.3) is 0 Å². The van der Waals surface area contributed by atoms with Crippen LogP contribution in [0, 0.1) is 6.92 Å². The minimum Gasteiger partial charge on any atom is -0.471 e. The average molecular weight is 430 g/mol. The van der Waals surface area contributed by atoms with Crippen LogP contribution in [0.4, 0.5) is 15.0 Å². The Morgan fingerprint density at radius 2 is 2.10 bits per heavy atom. The highest BCUT2D eigenvalue weighted by Gasteiger charge is 2.44. The van der Waals surface area contributed by atoms with Crippen molar-refractivity contribution < 1.29 is 18.7 Å². The van der Waals surface area contributed by atoms with Gasteiger partial charge in [0.05, 0.1) is 30.5 Å². The molecule has 1 saturated carbocycles. The molecule has 4 heterocycles. The van der Waals surface area contributed by atoms with Gasteiger partial charge < -0.3 is 19.3 Å². The minimum absolute atomic E-state index is 0.0367. The fraction of sp³-hybridized carbons (Fsp3) is 0.619. The Kier molecular flexibility index (Phi) is 4.75. The molecule has 0 aromatic carbocycles. The lowest BCUT2D eigenvalue weighted by Crippen LogP contribution is -2.50. The summed E-state index contributed by atoms with van der Waals surface area (Å²) >= 11 is 0. The summed E-state index contributed by atoms with van der Waals surface area (Å²) in [6.07, 6.45) is 3.03. The van der Waals surface area contributed by atoms with Gasteiger partial charge in [-0.1, -0.05) is 0 Å². The van der Waals surface area contributed by atoms with E-state index in [4.69, 9.17) is 9.47 Å². The normalized spacial score (nSPS) is 24.1. The van der Waals surface area contributed by atoms with Crippen LogP contribution in [0.5, 0.6) is 5.88 Å². The van der Waals surface area contributed by atoms with E-state index in [1.54, 1.807) is 0 Å². The number of alkyl halides is 1. The van der Waals surface area contributed by atoms with Gasteiger partial charge in [0.2, 0.25) is 5.88 Å². The third-order valence-electron chi connectivity index (χ3n) is 6.45. The van der Waals surface area contributed by atoms with Crippen LogP contribution in [0.25, 0.3) is 0 Å². The van der Waals surface area contributed by atoms with Crippen molar-refractivity contribution in [2.24, 2.45) is 7.05 Å². The van der Waals surface area contributed by atoms with E-state index in [2.05, 4.69) is 20.0 Å². The molecule has 31 heavy (non-hydrogen) atoms. The first kappa shape index (κ1) is 20.0. The van der Waals surface area contributed by atoms with Crippen LogP contribution in [0.3, 0.4) is 0 Å². The summed E-state index contributed by atoms with van der Waals surface area (Å²) < 4.78 is 28.2. The maximum Gasteiger partial charge on any atom is 0.410 e. The maximum absolute atomic E-state index is 14.9. The molecule has 5 rings (SSSR count). The molecule has 2 aromatic heterocycles. The first-order chi connectivity index (χ1) is 14.8. The highest BCUT2D eigenvalue weighted by atomic mass is 19.1. The van der Waals surface area contributed by atoms with E-state index < -0.39 is 18.4 Å². The van der Waals surface area contributed by atoms with E-state index in [1.165, 1.54) is 16.8 Å². The van der Waals surface area contributed by atoms with Gasteiger partial charge in [-0.15, -0.1) is 0 Å². The SMILES string of the molecule is Cc1c(O[C@H]2CCN(C(=O)OC3(C)CC3)C[C@H]2F)ncnc1N1Cc2cnn(C)c2C1. The van der Waals surface area contributed by atoms with Gasteiger partial charge in [-0.2, -0.15) is 5.10 Å². The number of anilines is 1. The van der Waals surface area contributed by atoms with Crippen LogP contribution >= 0.6 is 0 Å². The van der Waals surface area contributed by atoms with Crippen molar-refractivity contribution >= 4 is 11.9 Å². The number of amides is 1. The number of rotatable bonds is 4. The lowest BCUT2D eigenvalue weighted by Gasteiger charge is -2.34. The maximum atomic E-state index is 14.9. The summed E-state index contributed by atoms with van der Waals surface area (Å²) in [6, 6.07) is 0. The molecule has 1 saturated heterocycles. The molecule has 2 aliphatic heterocycles. The molecule has 10 heteroatoms. The van der Waals surface area contributed by atoms with Crippen LogP contribution in [0.15, 0.2) is 12.5 Å². The Labute approximate surface area is 180 Å². The molecule has 0 unspecified atom stereocenters. The van der Waals surface area contributed by atoms with Crippen LogP contribution < -0.4 is 9.64 Å². The minimum atomic E-state index is -1.31. The van der Waals surface area contributed by atoms with Gasteiger partial charge in [-0.3, -0.25) is 4.68 Å². The van der Waals surface area contributed by atoms with Crippen LogP contribution in [-0.4, -0.2) is 61.7 Å². The van der Waals surface area contributed by atoms with Gasteiger partial charge in [-0.05, 0) is 26.7 Å². The summed E-state index contributed by atoms with van der Waals surface area (Å²) in [5, 5.41) is 4.29. The number of nitrogens with zero attached hydrogens (tertiary/aromatic N) is 6. The Morgan fingerprint density at radius 1 is 1.29 bits per heavy atom. The predicted molar refractivity (Wildman–Crippen MR) is 109 cm³/mol. The van der Waals surface area contributed by atoms with E-state index in [-0.39, 0.29) is 12.1 Å². The molecule has 9 nitrogen and oxygen atoms in total. The molecule has 3 aliphatic rings. The van der Waals surface area contributed by atoms with Crippen molar-refractivity contribution in [1.82, 2.24) is 24.6 Å². The molecule has 2 aromatic rings. The second kappa shape index (κ2) is 7.35. The van der Waals surface area contributed by atoms with E-state index in [9.17, 15) is 9.18 Å². The zero-order valence-corrected chi connectivity index (χ0v) is 18.0. The Bertz CT molecular complexity index is 1010. The Hall–Kier alpha value is -2.91. The van der Waals surface area contributed by atoms with Gasteiger partial charge in [0.1, 0.15) is 23.9 Å². The van der Waals surface area contributed by atoms with Crippen LogP contribution in [0.1, 0.15) is 43.0 Å². The molecule has 0 spiro atoms. The van der Waals surface area contributed by atoms with Gasteiger partial charge in [-0.25, -0.2) is 19.2 Å². The monoisotopic (exact) mass is 430 g/mol. The van der Waals surface area contributed by atoms with E-state index in [0.717, 1.165) is 29.9 Å². The molecule has 2 fully saturated rings. The lowest BCUT2D eigenvalue weighted by atomic mass is 10.1. The number of aryl methyl sites for hydroxylation is 1. The topological polar surface area (TPSA) is 85.6 Å². The largest absolute Gasteiger partial charge is 0.471 e. The molecule has 1 amide bonds. The molecule has 0 radical (unpaired) electrons. The number of carbonyl (C=O) groups excluding carboxylic acids is 1. The average Bonchev–Trinajstić information content (AvgIpc) is 3.16. The number of fused-ring (bicyclic) bond motifs is 1. The number of aromatic nitrogens is 4. The summed E-state index contributed by atoms with van der Waals surface area (Å²) in [6.45, 7) is 5.57. The molecular formula is C21H27FN6O3. The van der Waals surface area contributed by atoms with Crippen molar-refractivity contribution in [2.45, 2.75) is 64.1 Å². The number of hydrogen-bond acceptors (Lipinski definition) is 7. The molecule has 0 bridgehead atoms. The molecule has 1 aliphatic carbocycles. The van der Waals surface area contributed by atoms with Crippen LogP contribution in [-0.2, 0) is 24.9 Å². The molecule has 0 N–H and O–H groups in total.